The van der Waals surface area contributed by atoms with Crippen molar-refractivity contribution in [1.29, 1.82) is 0 Å². The highest BCUT2D eigenvalue weighted by molar-refractivity contribution is 9.10. The number of carbonyl (C=O) groups is 2. The van der Waals surface area contributed by atoms with Gasteiger partial charge in [0.15, 0.2) is 0 Å². The van der Waals surface area contributed by atoms with E-state index in [4.69, 9.17) is 0 Å². The number of aryl methyl sites for hydroxylation is 1. The zero-order valence-electron chi connectivity index (χ0n) is 13.3. The van der Waals surface area contributed by atoms with Crippen molar-refractivity contribution in [1.82, 2.24) is 5.32 Å². The van der Waals surface area contributed by atoms with Crippen molar-refractivity contribution in [2.45, 2.75) is 19.3 Å². The molecule has 2 amide bonds. The van der Waals surface area contributed by atoms with Crippen LogP contribution in [-0.2, 0) is 22.4 Å². The van der Waals surface area contributed by atoms with Gasteiger partial charge in [-0.05, 0) is 42.2 Å². The average molecular weight is 387 g/mol. The number of nitrogens with one attached hydrogen (secondary N) is 1. The summed E-state index contributed by atoms with van der Waals surface area (Å²) in [4.78, 5) is 26.0. The van der Waals surface area contributed by atoms with Gasteiger partial charge in [0.2, 0.25) is 11.8 Å². The van der Waals surface area contributed by atoms with Gasteiger partial charge in [0.1, 0.15) is 6.54 Å². The van der Waals surface area contributed by atoms with Crippen LogP contribution in [0.4, 0.5) is 5.69 Å². The topological polar surface area (TPSA) is 49.4 Å². The zero-order chi connectivity index (χ0) is 16.9. The van der Waals surface area contributed by atoms with Crippen LogP contribution in [0.2, 0.25) is 0 Å². The number of nitrogens with zero attached hydrogens (tertiary/aromatic N) is 1. The van der Waals surface area contributed by atoms with Crippen LogP contribution in [0.3, 0.4) is 0 Å². The first-order valence-electron chi connectivity index (χ1n) is 8.03. The monoisotopic (exact) mass is 386 g/mol. The number of hydrogen-bond acceptors (Lipinski definition) is 2. The standard InChI is InChI=1S/C19H19BrN2O2/c20-16-7-8-17-15(12-16)6-9-19(24)22(17)13-18(23)21-11-10-14-4-2-1-3-5-14/h1-5,7-8,12H,6,9-11,13H2,(H,21,23). The molecule has 3 rings (SSSR count). The smallest absolute Gasteiger partial charge is 0.240 e. The molecule has 1 aliphatic rings. The molecule has 4 nitrogen and oxygen atoms in total. The Morgan fingerprint density at radius 2 is 1.92 bits per heavy atom. The van der Waals surface area contributed by atoms with Gasteiger partial charge in [0.25, 0.3) is 0 Å². The van der Waals surface area contributed by atoms with Crippen LogP contribution in [0.5, 0.6) is 0 Å². The molecule has 0 unspecified atom stereocenters. The first-order valence-corrected chi connectivity index (χ1v) is 8.82. The molecule has 0 aliphatic carbocycles. The summed E-state index contributed by atoms with van der Waals surface area (Å²) in [5.41, 5.74) is 3.12. The normalized spacial score (nSPS) is 13.5. The van der Waals surface area contributed by atoms with E-state index in [1.54, 1.807) is 4.90 Å². The molecule has 0 radical (unpaired) electrons. The molecule has 0 spiro atoms. The number of halogens is 1. The van der Waals surface area contributed by atoms with E-state index in [0.717, 1.165) is 28.6 Å². The number of carbonyl (C=O) groups excluding carboxylic acids is 2. The van der Waals surface area contributed by atoms with Crippen LogP contribution in [0, 0.1) is 0 Å². The Balaban J connectivity index is 1.59. The van der Waals surface area contributed by atoms with Crippen molar-refractivity contribution < 1.29 is 9.59 Å². The number of amides is 2. The van der Waals surface area contributed by atoms with Crippen LogP contribution in [0.15, 0.2) is 53.0 Å². The number of benzene rings is 2. The van der Waals surface area contributed by atoms with E-state index in [1.165, 1.54) is 5.56 Å². The molecule has 0 saturated carbocycles. The van der Waals surface area contributed by atoms with Gasteiger partial charge < -0.3 is 10.2 Å². The fourth-order valence-corrected chi connectivity index (χ4v) is 3.30. The van der Waals surface area contributed by atoms with E-state index in [-0.39, 0.29) is 18.4 Å². The van der Waals surface area contributed by atoms with E-state index >= 15 is 0 Å². The molecule has 0 saturated heterocycles. The molecule has 1 heterocycles. The predicted octanol–water partition coefficient (Wildman–Crippen LogP) is 3.09. The lowest BCUT2D eigenvalue weighted by Gasteiger charge is -2.29. The molecule has 2 aromatic rings. The maximum Gasteiger partial charge on any atom is 0.240 e. The van der Waals surface area contributed by atoms with E-state index < -0.39 is 0 Å². The predicted molar refractivity (Wildman–Crippen MR) is 98.0 cm³/mol. The molecule has 2 aromatic carbocycles. The summed E-state index contributed by atoms with van der Waals surface area (Å²) in [6.45, 7) is 0.639. The molecule has 0 aromatic heterocycles. The van der Waals surface area contributed by atoms with Crippen molar-refractivity contribution >= 4 is 33.4 Å². The summed E-state index contributed by atoms with van der Waals surface area (Å²) in [6.07, 6.45) is 1.95. The van der Waals surface area contributed by atoms with Gasteiger partial charge in [0, 0.05) is 23.1 Å². The van der Waals surface area contributed by atoms with Crippen molar-refractivity contribution in [2.24, 2.45) is 0 Å². The highest BCUT2D eigenvalue weighted by atomic mass is 79.9. The second-order valence-corrected chi connectivity index (χ2v) is 6.75. The van der Waals surface area contributed by atoms with Crippen LogP contribution < -0.4 is 10.2 Å². The lowest BCUT2D eigenvalue weighted by molar-refractivity contribution is -0.124. The first-order chi connectivity index (χ1) is 11.6. The molecule has 1 aliphatic heterocycles. The number of anilines is 1. The summed E-state index contributed by atoms with van der Waals surface area (Å²) < 4.78 is 0.989. The Morgan fingerprint density at radius 3 is 2.71 bits per heavy atom. The maximum atomic E-state index is 12.2. The third-order valence-corrected chi connectivity index (χ3v) is 4.62. The van der Waals surface area contributed by atoms with Crippen LogP contribution in [0.25, 0.3) is 0 Å². The average Bonchev–Trinajstić information content (AvgIpc) is 2.58. The molecule has 5 heteroatoms. The van der Waals surface area contributed by atoms with Crippen LogP contribution >= 0.6 is 15.9 Å². The SMILES string of the molecule is O=C(CN1C(=O)CCc2cc(Br)ccc21)NCCc1ccccc1. The lowest BCUT2D eigenvalue weighted by atomic mass is 10.0. The van der Waals surface area contributed by atoms with E-state index in [0.29, 0.717) is 13.0 Å². The summed E-state index contributed by atoms with van der Waals surface area (Å²) >= 11 is 3.45. The molecule has 0 atom stereocenters. The first kappa shape index (κ1) is 16.7. The summed E-state index contributed by atoms with van der Waals surface area (Å²) in [5.74, 6) is -0.127. The van der Waals surface area contributed by atoms with E-state index in [2.05, 4.69) is 21.2 Å². The molecule has 1 N–H and O–H groups in total. The van der Waals surface area contributed by atoms with Gasteiger partial charge in [-0.1, -0.05) is 46.3 Å². The van der Waals surface area contributed by atoms with Crippen molar-refractivity contribution in [2.75, 3.05) is 18.0 Å². The van der Waals surface area contributed by atoms with Gasteiger partial charge in [-0.2, -0.15) is 0 Å². The minimum absolute atomic E-state index is 0.00281. The fraction of sp³-hybridized carbons (Fsp3) is 0.263. The third kappa shape index (κ3) is 4.03. The number of hydrogen-bond donors (Lipinski definition) is 1. The minimum Gasteiger partial charge on any atom is -0.354 e. The Kier molecular flexibility index (Phi) is 5.30. The second kappa shape index (κ2) is 7.62. The van der Waals surface area contributed by atoms with Gasteiger partial charge in [-0.25, -0.2) is 0 Å². The molecule has 124 valence electrons. The molecule has 0 fully saturated rings. The van der Waals surface area contributed by atoms with Gasteiger partial charge in [-0.15, -0.1) is 0 Å². The molecule has 0 bridgehead atoms. The van der Waals surface area contributed by atoms with E-state index in [1.807, 2.05) is 48.5 Å². The summed E-state index contributed by atoms with van der Waals surface area (Å²) in [5, 5.41) is 2.90. The summed E-state index contributed by atoms with van der Waals surface area (Å²) in [6, 6.07) is 15.8. The number of rotatable bonds is 5. The fourth-order valence-electron chi connectivity index (χ4n) is 2.89. The quantitative estimate of drug-likeness (QED) is 0.857. The summed E-state index contributed by atoms with van der Waals surface area (Å²) in [7, 11) is 0. The largest absolute Gasteiger partial charge is 0.354 e. The minimum atomic E-state index is -0.130. The van der Waals surface area contributed by atoms with Crippen LogP contribution in [0.1, 0.15) is 17.5 Å². The van der Waals surface area contributed by atoms with Crippen molar-refractivity contribution in [3.8, 4) is 0 Å². The molecular weight excluding hydrogens is 368 g/mol. The zero-order valence-corrected chi connectivity index (χ0v) is 14.9. The Labute approximate surface area is 150 Å². The van der Waals surface area contributed by atoms with Gasteiger partial charge in [0.05, 0.1) is 0 Å². The van der Waals surface area contributed by atoms with Gasteiger partial charge >= 0.3 is 0 Å². The van der Waals surface area contributed by atoms with Crippen molar-refractivity contribution in [3.63, 3.8) is 0 Å². The molecular formula is C19H19BrN2O2. The Bertz CT molecular complexity index is 746. The highest BCUT2D eigenvalue weighted by Gasteiger charge is 2.25. The van der Waals surface area contributed by atoms with Crippen LogP contribution in [-0.4, -0.2) is 24.9 Å². The molecule has 24 heavy (non-hydrogen) atoms. The maximum absolute atomic E-state index is 12.2. The second-order valence-electron chi connectivity index (χ2n) is 5.84. The Morgan fingerprint density at radius 1 is 1.12 bits per heavy atom. The van der Waals surface area contributed by atoms with E-state index in [9.17, 15) is 9.59 Å². The lowest BCUT2D eigenvalue weighted by Crippen LogP contribution is -2.43. The number of fused-ring (bicyclic) bond motifs is 1. The van der Waals surface area contributed by atoms with Gasteiger partial charge in [-0.3, -0.25) is 9.59 Å². The third-order valence-electron chi connectivity index (χ3n) is 4.12. The highest BCUT2D eigenvalue weighted by Crippen LogP contribution is 2.30. The Hall–Kier alpha value is -2.14. The van der Waals surface area contributed by atoms with Crippen molar-refractivity contribution in [3.05, 3.63) is 64.1 Å².